The maximum atomic E-state index is 12.2. The fourth-order valence-electron chi connectivity index (χ4n) is 1.08. The number of aryl methyl sites for hydroxylation is 1. The molecule has 0 fully saturated rings. The summed E-state index contributed by atoms with van der Waals surface area (Å²) >= 11 is 3.22. The molecule has 8 heteroatoms. The van der Waals surface area contributed by atoms with E-state index < -0.39 is 12.1 Å². The average molecular weight is 308 g/mol. The first-order valence-electron chi connectivity index (χ1n) is 4.41. The van der Waals surface area contributed by atoms with Gasteiger partial charge in [0.1, 0.15) is 0 Å². The Morgan fingerprint density at radius 3 is 2.59 bits per heavy atom. The Bertz CT molecular complexity index is 553. The molecule has 0 unspecified atom stereocenters. The minimum atomic E-state index is -4.64. The van der Waals surface area contributed by atoms with E-state index in [-0.39, 0.29) is 5.82 Å². The maximum Gasteiger partial charge on any atom is 0.471 e. The smallest absolute Gasteiger partial charge is 0.329 e. The summed E-state index contributed by atoms with van der Waals surface area (Å²) in [6.07, 6.45) is -3.26. The highest BCUT2D eigenvalue weighted by Crippen LogP contribution is 2.29. The number of rotatable bonds is 1. The molecule has 2 rings (SSSR count). The Morgan fingerprint density at radius 2 is 2.06 bits per heavy atom. The molecule has 2 aromatic heterocycles. The van der Waals surface area contributed by atoms with Crippen LogP contribution in [0.4, 0.5) is 13.2 Å². The summed E-state index contributed by atoms with van der Waals surface area (Å²) in [5, 5.41) is 3.26. The molecule has 0 atom stereocenters. The number of aromatic nitrogens is 3. The Balaban J connectivity index is 2.40. The number of hydrogen-bond acceptors (Lipinski definition) is 4. The van der Waals surface area contributed by atoms with Gasteiger partial charge in [0.2, 0.25) is 5.82 Å². The van der Waals surface area contributed by atoms with Gasteiger partial charge in [0.15, 0.2) is 0 Å². The zero-order valence-electron chi connectivity index (χ0n) is 8.42. The van der Waals surface area contributed by atoms with Crippen LogP contribution >= 0.6 is 15.9 Å². The first-order valence-corrected chi connectivity index (χ1v) is 5.20. The van der Waals surface area contributed by atoms with Gasteiger partial charge in [0.05, 0.1) is 5.69 Å². The van der Waals surface area contributed by atoms with E-state index in [0.29, 0.717) is 15.7 Å². The largest absolute Gasteiger partial charge is 0.471 e. The lowest BCUT2D eigenvalue weighted by Crippen LogP contribution is -2.04. The van der Waals surface area contributed by atoms with Crippen LogP contribution in [0.15, 0.2) is 21.3 Å². The second-order valence-corrected chi connectivity index (χ2v) is 4.07. The van der Waals surface area contributed by atoms with Gasteiger partial charge < -0.3 is 4.52 Å². The predicted molar refractivity (Wildman–Crippen MR) is 55.0 cm³/mol. The van der Waals surface area contributed by atoms with Crippen LogP contribution in [0.2, 0.25) is 0 Å². The minimum absolute atomic E-state index is 0.148. The number of pyridine rings is 1. The summed E-state index contributed by atoms with van der Waals surface area (Å²) in [5.74, 6) is -1.52. The highest BCUT2D eigenvalue weighted by Gasteiger charge is 2.38. The summed E-state index contributed by atoms with van der Waals surface area (Å²) < 4.78 is 41.5. The fraction of sp³-hybridized carbons (Fsp3) is 0.222. The topological polar surface area (TPSA) is 51.8 Å². The van der Waals surface area contributed by atoms with Crippen molar-refractivity contribution >= 4 is 15.9 Å². The summed E-state index contributed by atoms with van der Waals surface area (Å²) in [5.41, 5.74) is 1.06. The van der Waals surface area contributed by atoms with Crippen LogP contribution in [0.1, 0.15) is 11.6 Å². The Hall–Kier alpha value is -1.44. The monoisotopic (exact) mass is 307 g/mol. The van der Waals surface area contributed by atoms with E-state index in [1.807, 2.05) is 0 Å². The molecule has 0 aliphatic carbocycles. The zero-order chi connectivity index (χ0) is 12.6. The quantitative estimate of drug-likeness (QED) is 0.811. The van der Waals surface area contributed by atoms with E-state index in [4.69, 9.17) is 0 Å². The van der Waals surface area contributed by atoms with Crippen LogP contribution in [-0.4, -0.2) is 15.1 Å². The van der Waals surface area contributed by atoms with Crippen molar-refractivity contribution in [1.82, 2.24) is 15.1 Å². The van der Waals surface area contributed by atoms with Gasteiger partial charge in [-0.1, -0.05) is 5.16 Å². The number of hydrogen-bond donors (Lipinski definition) is 0. The van der Waals surface area contributed by atoms with Crippen molar-refractivity contribution in [3.05, 3.63) is 28.3 Å². The molecule has 0 aliphatic heterocycles. The van der Waals surface area contributed by atoms with E-state index >= 15 is 0 Å². The molecule has 0 aliphatic rings. The van der Waals surface area contributed by atoms with Crippen molar-refractivity contribution < 1.29 is 17.7 Å². The van der Waals surface area contributed by atoms with Gasteiger partial charge in [-0.05, 0) is 28.9 Å². The summed E-state index contributed by atoms with van der Waals surface area (Å²) in [7, 11) is 0. The fourth-order valence-corrected chi connectivity index (χ4v) is 1.43. The second kappa shape index (κ2) is 4.10. The van der Waals surface area contributed by atoms with Gasteiger partial charge >= 0.3 is 12.1 Å². The SMILES string of the molecule is Cc1ncc(-c2noc(C(F)(F)F)n2)cc1Br. The molecule has 0 N–H and O–H groups in total. The van der Waals surface area contributed by atoms with Crippen molar-refractivity contribution in [3.63, 3.8) is 0 Å². The highest BCUT2D eigenvalue weighted by molar-refractivity contribution is 9.10. The van der Waals surface area contributed by atoms with E-state index in [2.05, 4.69) is 35.6 Å². The standard InChI is InChI=1S/C9H5BrF3N3O/c1-4-6(10)2-5(3-14-4)7-15-8(17-16-7)9(11,12)13/h2-3H,1H3. The van der Waals surface area contributed by atoms with Gasteiger partial charge in [-0.2, -0.15) is 18.2 Å². The number of halogens is 4. The predicted octanol–water partition coefficient (Wildman–Crippen LogP) is 3.22. The molecule has 90 valence electrons. The maximum absolute atomic E-state index is 12.2. The van der Waals surface area contributed by atoms with E-state index in [1.165, 1.54) is 6.20 Å². The van der Waals surface area contributed by atoms with Crippen molar-refractivity contribution in [3.8, 4) is 11.4 Å². The first-order chi connectivity index (χ1) is 7.88. The molecule has 0 aromatic carbocycles. The molecular formula is C9H5BrF3N3O. The van der Waals surface area contributed by atoms with Gasteiger partial charge in [-0.15, -0.1) is 0 Å². The van der Waals surface area contributed by atoms with Gasteiger partial charge in [-0.3, -0.25) is 4.98 Å². The van der Waals surface area contributed by atoms with Crippen LogP contribution in [0.5, 0.6) is 0 Å². The molecule has 4 nitrogen and oxygen atoms in total. The van der Waals surface area contributed by atoms with Crippen LogP contribution in [0, 0.1) is 6.92 Å². The average Bonchev–Trinajstić information content (AvgIpc) is 2.70. The molecule has 0 saturated heterocycles. The van der Waals surface area contributed by atoms with E-state index in [0.717, 1.165) is 0 Å². The third-order valence-electron chi connectivity index (χ3n) is 1.95. The normalized spacial score (nSPS) is 11.8. The Morgan fingerprint density at radius 1 is 1.35 bits per heavy atom. The molecule has 0 saturated carbocycles. The molecular weight excluding hydrogens is 303 g/mol. The van der Waals surface area contributed by atoms with Crippen LogP contribution in [0.25, 0.3) is 11.4 Å². The van der Waals surface area contributed by atoms with Gasteiger partial charge in [0.25, 0.3) is 0 Å². The van der Waals surface area contributed by atoms with E-state index in [1.54, 1.807) is 13.0 Å². The van der Waals surface area contributed by atoms with Crippen molar-refractivity contribution in [2.75, 3.05) is 0 Å². The Kier molecular flexibility index (Phi) is 2.90. The lowest BCUT2D eigenvalue weighted by Gasteiger charge is -1.98. The lowest BCUT2D eigenvalue weighted by molar-refractivity contribution is -0.159. The first kappa shape index (κ1) is 12.0. The van der Waals surface area contributed by atoms with E-state index in [9.17, 15) is 13.2 Å². The number of alkyl halides is 3. The summed E-state index contributed by atoms with van der Waals surface area (Å²) in [6.45, 7) is 1.76. The molecule has 2 heterocycles. The summed E-state index contributed by atoms with van der Waals surface area (Å²) in [4.78, 5) is 7.24. The summed E-state index contributed by atoms with van der Waals surface area (Å²) in [6, 6.07) is 1.58. The third kappa shape index (κ3) is 2.46. The van der Waals surface area contributed by atoms with Crippen molar-refractivity contribution in [1.29, 1.82) is 0 Å². The van der Waals surface area contributed by atoms with Crippen LogP contribution in [-0.2, 0) is 6.18 Å². The molecule has 0 radical (unpaired) electrons. The lowest BCUT2D eigenvalue weighted by atomic mass is 10.2. The molecule has 0 spiro atoms. The Labute approximate surface area is 102 Å². The minimum Gasteiger partial charge on any atom is -0.329 e. The third-order valence-corrected chi connectivity index (χ3v) is 2.75. The zero-order valence-corrected chi connectivity index (χ0v) is 10.0. The van der Waals surface area contributed by atoms with Crippen molar-refractivity contribution in [2.45, 2.75) is 13.1 Å². The van der Waals surface area contributed by atoms with Crippen LogP contribution in [0.3, 0.4) is 0 Å². The number of nitrogens with zero attached hydrogens (tertiary/aromatic N) is 3. The highest BCUT2D eigenvalue weighted by atomic mass is 79.9. The van der Waals surface area contributed by atoms with Crippen molar-refractivity contribution in [2.24, 2.45) is 0 Å². The molecule has 17 heavy (non-hydrogen) atoms. The molecule has 0 amide bonds. The second-order valence-electron chi connectivity index (χ2n) is 3.21. The molecule has 2 aromatic rings. The van der Waals surface area contributed by atoms with Gasteiger partial charge in [0, 0.05) is 16.2 Å². The van der Waals surface area contributed by atoms with Crippen LogP contribution < -0.4 is 0 Å². The molecule has 0 bridgehead atoms. The van der Waals surface area contributed by atoms with Gasteiger partial charge in [-0.25, -0.2) is 0 Å².